The molecule has 5 heteroatoms. The average Bonchev–Trinajstić information content (AvgIpc) is 2.43. The summed E-state index contributed by atoms with van der Waals surface area (Å²) in [6, 6.07) is 7.81. The van der Waals surface area contributed by atoms with Crippen LogP contribution < -0.4 is 15.2 Å². The molecule has 0 aliphatic rings. The fraction of sp³-hybridized carbons (Fsp3) is 0.333. The molecule has 0 spiro atoms. The first-order valence-corrected chi connectivity index (χ1v) is 6.64. The van der Waals surface area contributed by atoms with Crippen LogP contribution in [0.1, 0.15) is 26.3 Å². The van der Waals surface area contributed by atoms with E-state index >= 15 is 0 Å². The standard InChI is InChI=1S/C15H19N3O2/c1-4-11-6-5-7-12(8-11)20-15-13(16)14(17-9-18-15)19-10(2)3/h5-10H,4,16H2,1-3H3. The summed E-state index contributed by atoms with van der Waals surface area (Å²) in [7, 11) is 0. The van der Waals surface area contributed by atoms with Crippen molar-refractivity contribution in [3.63, 3.8) is 0 Å². The van der Waals surface area contributed by atoms with Gasteiger partial charge in [-0.05, 0) is 38.0 Å². The molecule has 0 amide bonds. The summed E-state index contributed by atoms with van der Waals surface area (Å²) in [4.78, 5) is 8.07. The van der Waals surface area contributed by atoms with Crippen molar-refractivity contribution in [3.05, 3.63) is 36.2 Å². The maximum absolute atomic E-state index is 5.98. The Bertz CT molecular complexity index is 585. The number of ether oxygens (including phenoxy) is 2. The fourth-order valence-electron chi connectivity index (χ4n) is 1.70. The maximum Gasteiger partial charge on any atom is 0.249 e. The van der Waals surface area contributed by atoms with Gasteiger partial charge in [0.05, 0.1) is 6.10 Å². The summed E-state index contributed by atoms with van der Waals surface area (Å²) in [5.74, 6) is 1.35. The molecule has 0 unspecified atom stereocenters. The van der Waals surface area contributed by atoms with Crippen molar-refractivity contribution >= 4 is 5.69 Å². The van der Waals surface area contributed by atoms with Gasteiger partial charge in [0.25, 0.3) is 0 Å². The first-order chi connectivity index (χ1) is 9.60. The number of benzene rings is 1. The first-order valence-electron chi connectivity index (χ1n) is 6.64. The van der Waals surface area contributed by atoms with Crippen LogP contribution in [0.3, 0.4) is 0 Å². The average molecular weight is 273 g/mol. The van der Waals surface area contributed by atoms with Gasteiger partial charge in [-0.1, -0.05) is 19.1 Å². The number of hydrogen-bond donors (Lipinski definition) is 1. The Kier molecular flexibility index (Phi) is 4.40. The molecular weight excluding hydrogens is 254 g/mol. The van der Waals surface area contributed by atoms with Crippen molar-refractivity contribution in [2.45, 2.75) is 33.3 Å². The van der Waals surface area contributed by atoms with E-state index in [-0.39, 0.29) is 6.10 Å². The summed E-state index contributed by atoms with van der Waals surface area (Å²) in [6.45, 7) is 5.91. The zero-order chi connectivity index (χ0) is 14.5. The molecule has 0 radical (unpaired) electrons. The molecule has 0 fully saturated rings. The second-order valence-electron chi connectivity index (χ2n) is 4.67. The predicted octanol–water partition coefficient (Wildman–Crippen LogP) is 3.20. The van der Waals surface area contributed by atoms with Crippen molar-refractivity contribution < 1.29 is 9.47 Å². The molecule has 2 N–H and O–H groups in total. The van der Waals surface area contributed by atoms with E-state index in [1.165, 1.54) is 11.9 Å². The van der Waals surface area contributed by atoms with Gasteiger partial charge in [-0.2, -0.15) is 9.97 Å². The molecule has 0 atom stereocenters. The van der Waals surface area contributed by atoms with Crippen LogP contribution in [-0.4, -0.2) is 16.1 Å². The fourth-order valence-corrected chi connectivity index (χ4v) is 1.70. The minimum Gasteiger partial charge on any atom is -0.473 e. The summed E-state index contributed by atoms with van der Waals surface area (Å²) >= 11 is 0. The molecule has 0 aliphatic carbocycles. The van der Waals surface area contributed by atoms with Crippen LogP contribution >= 0.6 is 0 Å². The highest BCUT2D eigenvalue weighted by Crippen LogP contribution is 2.31. The zero-order valence-corrected chi connectivity index (χ0v) is 12.0. The van der Waals surface area contributed by atoms with Crippen LogP contribution in [0.25, 0.3) is 0 Å². The third-order valence-electron chi connectivity index (χ3n) is 2.68. The van der Waals surface area contributed by atoms with Gasteiger partial charge in [0.2, 0.25) is 11.8 Å². The number of aryl methyl sites for hydroxylation is 1. The summed E-state index contributed by atoms with van der Waals surface area (Å²) < 4.78 is 11.2. The van der Waals surface area contributed by atoms with E-state index < -0.39 is 0 Å². The molecule has 106 valence electrons. The lowest BCUT2D eigenvalue weighted by atomic mass is 10.2. The number of aromatic nitrogens is 2. The predicted molar refractivity (Wildman–Crippen MR) is 78.1 cm³/mol. The molecule has 0 bridgehead atoms. The zero-order valence-electron chi connectivity index (χ0n) is 12.0. The Morgan fingerprint density at radius 1 is 1.20 bits per heavy atom. The van der Waals surface area contributed by atoms with Crippen molar-refractivity contribution in [2.24, 2.45) is 0 Å². The van der Waals surface area contributed by atoms with Crippen LogP contribution in [0.5, 0.6) is 17.5 Å². The second-order valence-corrected chi connectivity index (χ2v) is 4.67. The molecule has 2 rings (SSSR count). The third-order valence-corrected chi connectivity index (χ3v) is 2.68. The highest BCUT2D eigenvalue weighted by Gasteiger charge is 2.12. The van der Waals surface area contributed by atoms with E-state index in [0.29, 0.717) is 23.2 Å². The van der Waals surface area contributed by atoms with E-state index in [2.05, 4.69) is 16.9 Å². The monoisotopic (exact) mass is 273 g/mol. The Balaban J connectivity index is 2.24. The second kappa shape index (κ2) is 6.23. The van der Waals surface area contributed by atoms with Gasteiger partial charge in [0, 0.05) is 0 Å². The number of anilines is 1. The SMILES string of the molecule is CCc1cccc(Oc2ncnc(OC(C)C)c2N)c1. The highest BCUT2D eigenvalue weighted by atomic mass is 16.5. The summed E-state index contributed by atoms with van der Waals surface area (Å²) in [5.41, 5.74) is 7.47. The molecule has 1 aromatic heterocycles. The number of nitrogen functional groups attached to an aromatic ring is 1. The van der Waals surface area contributed by atoms with E-state index in [0.717, 1.165) is 6.42 Å². The maximum atomic E-state index is 5.98. The topological polar surface area (TPSA) is 70.3 Å². The van der Waals surface area contributed by atoms with Crippen molar-refractivity contribution in [3.8, 4) is 17.5 Å². The molecule has 0 saturated heterocycles. The molecule has 20 heavy (non-hydrogen) atoms. The third kappa shape index (κ3) is 3.38. The van der Waals surface area contributed by atoms with Gasteiger partial charge >= 0.3 is 0 Å². The minimum absolute atomic E-state index is 0.0107. The Morgan fingerprint density at radius 3 is 2.65 bits per heavy atom. The molecule has 0 saturated carbocycles. The quantitative estimate of drug-likeness (QED) is 0.905. The normalized spacial score (nSPS) is 10.6. The molecule has 1 heterocycles. The summed E-state index contributed by atoms with van der Waals surface area (Å²) in [6.07, 6.45) is 2.31. The van der Waals surface area contributed by atoms with Crippen molar-refractivity contribution in [2.75, 3.05) is 5.73 Å². The largest absolute Gasteiger partial charge is 0.473 e. The van der Waals surface area contributed by atoms with Gasteiger partial charge in [0.1, 0.15) is 12.1 Å². The lowest BCUT2D eigenvalue weighted by molar-refractivity contribution is 0.233. The Hall–Kier alpha value is -2.30. The van der Waals surface area contributed by atoms with Gasteiger partial charge in [-0.15, -0.1) is 0 Å². The van der Waals surface area contributed by atoms with Crippen molar-refractivity contribution in [1.29, 1.82) is 0 Å². The van der Waals surface area contributed by atoms with E-state index in [1.807, 2.05) is 38.1 Å². The van der Waals surface area contributed by atoms with E-state index in [9.17, 15) is 0 Å². The van der Waals surface area contributed by atoms with Crippen LogP contribution in [0.15, 0.2) is 30.6 Å². The van der Waals surface area contributed by atoms with Crippen LogP contribution in [0.4, 0.5) is 5.69 Å². The molecular formula is C15H19N3O2. The number of nitrogens with zero attached hydrogens (tertiary/aromatic N) is 2. The van der Waals surface area contributed by atoms with Crippen molar-refractivity contribution in [1.82, 2.24) is 9.97 Å². The number of rotatable bonds is 5. The molecule has 5 nitrogen and oxygen atoms in total. The van der Waals surface area contributed by atoms with E-state index in [1.54, 1.807) is 0 Å². The van der Waals surface area contributed by atoms with Crippen LogP contribution in [-0.2, 0) is 6.42 Å². The molecule has 0 aliphatic heterocycles. The van der Waals surface area contributed by atoms with Gasteiger partial charge in [-0.25, -0.2) is 0 Å². The van der Waals surface area contributed by atoms with Crippen LogP contribution in [0, 0.1) is 0 Å². The summed E-state index contributed by atoms with van der Waals surface area (Å²) in [5, 5.41) is 0. The van der Waals surface area contributed by atoms with Gasteiger partial charge in [0.15, 0.2) is 5.69 Å². The lowest BCUT2D eigenvalue weighted by Crippen LogP contribution is -2.10. The number of hydrogen-bond acceptors (Lipinski definition) is 5. The first kappa shape index (κ1) is 14.1. The van der Waals surface area contributed by atoms with Gasteiger partial charge < -0.3 is 15.2 Å². The Morgan fingerprint density at radius 2 is 1.95 bits per heavy atom. The number of nitrogens with two attached hydrogens (primary N) is 1. The molecule has 1 aromatic carbocycles. The van der Waals surface area contributed by atoms with Gasteiger partial charge in [-0.3, -0.25) is 0 Å². The lowest BCUT2D eigenvalue weighted by Gasteiger charge is -2.13. The van der Waals surface area contributed by atoms with Crippen LogP contribution in [0.2, 0.25) is 0 Å². The Labute approximate surface area is 118 Å². The minimum atomic E-state index is -0.0107. The van der Waals surface area contributed by atoms with E-state index in [4.69, 9.17) is 15.2 Å². The highest BCUT2D eigenvalue weighted by molar-refractivity contribution is 5.56. The molecule has 2 aromatic rings. The smallest absolute Gasteiger partial charge is 0.249 e.